The molecule has 2 heterocycles. The van der Waals surface area contributed by atoms with E-state index in [4.69, 9.17) is 9.15 Å². The van der Waals surface area contributed by atoms with Gasteiger partial charge in [0.2, 0.25) is 17.7 Å². The fraction of sp³-hybridized carbons (Fsp3) is 0.474. The van der Waals surface area contributed by atoms with Crippen LogP contribution in [0, 0.1) is 11.8 Å². The minimum absolute atomic E-state index is 0.138. The Morgan fingerprint density at radius 1 is 1.23 bits per heavy atom. The van der Waals surface area contributed by atoms with Crippen LogP contribution >= 0.6 is 0 Å². The van der Waals surface area contributed by atoms with Crippen molar-refractivity contribution in [3.63, 3.8) is 0 Å². The Labute approximate surface area is 150 Å². The highest BCUT2D eigenvalue weighted by Gasteiger charge is 2.51. The third-order valence-corrected chi connectivity index (χ3v) is 5.28. The zero-order chi connectivity index (χ0) is 18.3. The number of hydrogen-bond acceptors (Lipinski definition) is 6. The van der Waals surface area contributed by atoms with Crippen molar-refractivity contribution in [2.45, 2.75) is 45.3 Å². The highest BCUT2D eigenvalue weighted by atomic mass is 16.5. The van der Waals surface area contributed by atoms with Gasteiger partial charge in [0.25, 0.3) is 0 Å². The lowest BCUT2D eigenvalue weighted by Gasteiger charge is -2.21. The molecule has 2 aromatic rings. The van der Waals surface area contributed by atoms with Gasteiger partial charge in [0.15, 0.2) is 12.2 Å². The van der Waals surface area contributed by atoms with Crippen LogP contribution in [0.2, 0.25) is 0 Å². The molecule has 4 rings (SSSR count). The number of imide groups is 1. The average Bonchev–Trinajstić information content (AvgIpc) is 3.18. The van der Waals surface area contributed by atoms with Gasteiger partial charge in [0.05, 0.1) is 11.8 Å². The normalized spacial score (nSPS) is 24.0. The summed E-state index contributed by atoms with van der Waals surface area (Å²) in [5.74, 6) is -1.39. The molecule has 2 amide bonds. The van der Waals surface area contributed by atoms with Gasteiger partial charge in [-0.2, -0.15) is 0 Å². The number of ether oxygens (including phenoxy) is 1. The van der Waals surface area contributed by atoms with Crippen LogP contribution in [0.3, 0.4) is 0 Å². The molecule has 3 unspecified atom stereocenters. The maximum Gasteiger partial charge on any atom is 0.329 e. The van der Waals surface area contributed by atoms with Crippen molar-refractivity contribution in [3.05, 3.63) is 30.2 Å². The number of nitrogens with zero attached hydrogens (tertiary/aromatic N) is 2. The van der Waals surface area contributed by atoms with Crippen molar-refractivity contribution in [2.24, 2.45) is 11.8 Å². The second kappa shape index (κ2) is 6.55. The molecule has 7 heteroatoms. The zero-order valence-corrected chi connectivity index (χ0v) is 14.5. The summed E-state index contributed by atoms with van der Waals surface area (Å²) in [6.45, 7) is 1.39. The largest absolute Gasteiger partial charge is 0.454 e. The summed E-state index contributed by atoms with van der Waals surface area (Å²) in [6, 6.07) is 6.31. The summed E-state index contributed by atoms with van der Waals surface area (Å²) in [7, 11) is 0. The van der Waals surface area contributed by atoms with Crippen molar-refractivity contribution in [1.29, 1.82) is 0 Å². The lowest BCUT2D eigenvalue weighted by atomic mass is 9.81. The Hall–Kier alpha value is -2.70. The van der Waals surface area contributed by atoms with Gasteiger partial charge < -0.3 is 9.15 Å². The standard InChI is InChI=1S/C19H20N2O5/c1-11(21-17(22)12-6-2-3-7-13(12)18(21)23)19(24)25-10-16-20-14-8-4-5-9-15(14)26-16/h4-5,8-9,11-13H,2-3,6-7,10H2,1H3. The predicted octanol–water partition coefficient (Wildman–Crippen LogP) is 2.43. The van der Waals surface area contributed by atoms with E-state index in [1.807, 2.05) is 12.1 Å². The monoisotopic (exact) mass is 356 g/mol. The van der Waals surface area contributed by atoms with Crippen molar-refractivity contribution < 1.29 is 23.5 Å². The quantitative estimate of drug-likeness (QED) is 0.617. The number of likely N-dealkylation sites (tertiary alicyclic amines) is 1. The lowest BCUT2D eigenvalue weighted by Crippen LogP contribution is -2.44. The first-order valence-electron chi connectivity index (χ1n) is 8.94. The Morgan fingerprint density at radius 3 is 2.54 bits per heavy atom. The van der Waals surface area contributed by atoms with Gasteiger partial charge in [-0.05, 0) is 31.9 Å². The van der Waals surface area contributed by atoms with Crippen LogP contribution in [0.4, 0.5) is 0 Å². The molecule has 1 saturated heterocycles. The third-order valence-electron chi connectivity index (χ3n) is 5.28. The van der Waals surface area contributed by atoms with Gasteiger partial charge in [0, 0.05) is 0 Å². The van der Waals surface area contributed by atoms with Crippen molar-refractivity contribution in [3.8, 4) is 0 Å². The molecular weight excluding hydrogens is 336 g/mol. The number of carbonyl (C=O) groups is 3. The number of esters is 1. The number of hydrogen-bond donors (Lipinski definition) is 0. The van der Waals surface area contributed by atoms with Crippen LogP contribution in [0.5, 0.6) is 0 Å². The molecule has 3 atom stereocenters. The molecule has 1 aliphatic carbocycles. The highest BCUT2D eigenvalue weighted by molar-refractivity contribution is 6.07. The topological polar surface area (TPSA) is 89.7 Å². The Morgan fingerprint density at radius 2 is 1.88 bits per heavy atom. The Balaban J connectivity index is 1.42. The maximum atomic E-state index is 12.6. The number of rotatable bonds is 4. The van der Waals surface area contributed by atoms with Crippen molar-refractivity contribution >= 4 is 28.9 Å². The zero-order valence-electron chi connectivity index (χ0n) is 14.5. The van der Waals surface area contributed by atoms with Gasteiger partial charge in [-0.25, -0.2) is 9.78 Å². The average molecular weight is 356 g/mol. The van der Waals surface area contributed by atoms with Crippen LogP contribution in [0.1, 0.15) is 38.5 Å². The summed E-state index contributed by atoms with van der Waals surface area (Å²) >= 11 is 0. The SMILES string of the molecule is CC(C(=O)OCc1nc2ccccc2o1)N1C(=O)C2CCCCC2C1=O. The predicted molar refractivity (Wildman–Crippen MR) is 90.6 cm³/mol. The van der Waals surface area contributed by atoms with E-state index in [1.165, 1.54) is 6.92 Å². The molecule has 2 aliphatic rings. The molecule has 0 spiro atoms. The summed E-state index contributed by atoms with van der Waals surface area (Å²) in [5, 5.41) is 0. The number of amides is 2. The first kappa shape index (κ1) is 16.8. The minimum Gasteiger partial charge on any atom is -0.454 e. The molecule has 2 fully saturated rings. The first-order valence-corrected chi connectivity index (χ1v) is 8.94. The van der Waals surface area contributed by atoms with Crippen LogP contribution < -0.4 is 0 Å². The van der Waals surface area contributed by atoms with Crippen LogP contribution in [-0.4, -0.2) is 33.7 Å². The van der Waals surface area contributed by atoms with Gasteiger partial charge in [0.1, 0.15) is 11.6 Å². The number of aromatic nitrogens is 1. The molecule has 26 heavy (non-hydrogen) atoms. The van der Waals surface area contributed by atoms with E-state index in [1.54, 1.807) is 12.1 Å². The van der Waals surface area contributed by atoms with E-state index < -0.39 is 12.0 Å². The van der Waals surface area contributed by atoms with E-state index in [2.05, 4.69) is 4.98 Å². The number of para-hydroxylation sites is 2. The third kappa shape index (κ3) is 2.77. The second-order valence-corrected chi connectivity index (χ2v) is 6.90. The lowest BCUT2D eigenvalue weighted by molar-refractivity contribution is -0.159. The van der Waals surface area contributed by atoms with Gasteiger partial charge in [-0.15, -0.1) is 0 Å². The highest BCUT2D eigenvalue weighted by Crippen LogP contribution is 2.38. The van der Waals surface area contributed by atoms with E-state index in [-0.39, 0.29) is 36.1 Å². The number of fused-ring (bicyclic) bond motifs is 2. The molecule has 1 saturated carbocycles. The van der Waals surface area contributed by atoms with E-state index in [0.29, 0.717) is 11.1 Å². The Bertz CT molecular complexity index is 817. The summed E-state index contributed by atoms with van der Waals surface area (Å²) in [6.07, 6.45) is 3.34. The van der Waals surface area contributed by atoms with Crippen LogP contribution in [0.15, 0.2) is 28.7 Å². The molecular formula is C19H20N2O5. The van der Waals surface area contributed by atoms with Crippen LogP contribution in [0.25, 0.3) is 11.1 Å². The van der Waals surface area contributed by atoms with Gasteiger partial charge in [-0.1, -0.05) is 25.0 Å². The van der Waals surface area contributed by atoms with Gasteiger partial charge in [-0.3, -0.25) is 14.5 Å². The smallest absolute Gasteiger partial charge is 0.329 e. The summed E-state index contributed by atoms with van der Waals surface area (Å²) in [5.41, 5.74) is 1.29. The molecule has 0 bridgehead atoms. The van der Waals surface area contributed by atoms with Crippen molar-refractivity contribution in [1.82, 2.24) is 9.88 Å². The second-order valence-electron chi connectivity index (χ2n) is 6.90. The van der Waals surface area contributed by atoms with Gasteiger partial charge >= 0.3 is 5.97 Å². The minimum atomic E-state index is -0.940. The molecule has 1 aliphatic heterocycles. The first-order chi connectivity index (χ1) is 12.6. The summed E-state index contributed by atoms with van der Waals surface area (Å²) in [4.78, 5) is 42.8. The molecule has 136 valence electrons. The molecule has 0 radical (unpaired) electrons. The van der Waals surface area contributed by atoms with Crippen molar-refractivity contribution in [2.75, 3.05) is 0 Å². The van der Waals surface area contributed by atoms with E-state index in [0.717, 1.165) is 30.6 Å². The molecule has 0 N–H and O–H groups in total. The van der Waals surface area contributed by atoms with E-state index in [9.17, 15) is 14.4 Å². The Kier molecular flexibility index (Phi) is 4.22. The number of oxazole rings is 1. The number of carbonyl (C=O) groups excluding carboxylic acids is 3. The summed E-state index contributed by atoms with van der Waals surface area (Å²) < 4.78 is 10.7. The molecule has 1 aromatic heterocycles. The van der Waals surface area contributed by atoms with Crippen LogP contribution in [-0.2, 0) is 25.7 Å². The number of benzene rings is 1. The fourth-order valence-corrected chi connectivity index (χ4v) is 3.91. The van der Waals surface area contributed by atoms with E-state index >= 15 is 0 Å². The molecule has 7 nitrogen and oxygen atoms in total. The fourth-order valence-electron chi connectivity index (χ4n) is 3.91. The molecule has 1 aromatic carbocycles. The maximum absolute atomic E-state index is 12.6.